The molecule has 1 aromatic rings. The van der Waals surface area contributed by atoms with Crippen molar-refractivity contribution < 1.29 is 17.9 Å². The number of rotatable bonds is 2. The van der Waals surface area contributed by atoms with Crippen molar-refractivity contribution in [1.29, 1.82) is 0 Å². The number of fused-ring (bicyclic) bond motifs is 2. The molecule has 5 nitrogen and oxygen atoms in total. The molecular weight excluding hydrogens is 386 g/mol. The molecule has 6 rings (SSSR count). The van der Waals surface area contributed by atoms with E-state index < -0.39 is 15.3 Å². The summed E-state index contributed by atoms with van der Waals surface area (Å²) in [7, 11) is -3.51. The lowest BCUT2D eigenvalue weighted by Crippen LogP contribution is -2.41. The molecule has 6 unspecified atom stereocenters. The van der Waals surface area contributed by atoms with E-state index in [1.165, 1.54) is 11.1 Å². The smallest absolute Gasteiger partial charge is 0.219 e. The lowest BCUT2D eigenvalue weighted by atomic mass is 9.61. The summed E-state index contributed by atoms with van der Waals surface area (Å²) in [4.78, 5) is 12.2. The van der Waals surface area contributed by atoms with Gasteiger partial charge in [-0.05, 0) is 55.1 Å². The van der Waals surface area contributed by atoms with Gasteiger partial charge >= 0.3 is 0 Å². The first-order valence-corrected chi connectivity index (χ1v) is 12.3. The molecule has 0 amide bonds. The molecule has 1 N–H and O–H groups in total. The highest BCUT2D eigenvalue weighted by molar-refractivity contribution is 7.90. The maximum atomic E-state index is 12.9. The predicted octanol–water partition coefficient (Wildman–Crippen LogP) is 2.98. The largest absolute Gasteiger partial charge is 0.490 e. The van der Waals surface area contributed by atoms with Crippen LogP contribution in [0, 0.1) is 22.2 Å². The highest BCUT2D eigenvalue weighted by Crippen LogP contribution is 2.83. The van der Waals surface area contributed by atoms with E-state index in [1.807, 2.05) is 6.07 Å². The maximum Gasteiger partial charge on any atom is 0.219 e. The molecule has 6 atom stereocenters. The average molecular weight is 414 g/mol. The van der Waals surface area contributed by atoms with E-state index in [0.29, 0.717) is 24.0 Å². The molecule has 2 aliphatic heterocycles. The van der Waals surface area contributed by atoms with E-state index in [9.17, 15) is 13.2 Å². The van der Waals surface area contributed by atoms with Crippen LogP contribution in [0.25, 0.3) is 0 Å². The van der Waals surface area contributed by atoms with E-state index in [1.54, 1.807) is 0 Å². The highest BCUT2D eigenvalue weighted by atomic mass is 32.2. The van der Waals surface area contributed by atoms with Crippen LogP contribution in [-0.2, 0) is 21.2 Å². The van der Waals surface area contributed by atoms with E-state index in [4.69, 9.17) is 4.74 Å². The molecule has 4 fully saturated rings. The van der Waals surface area contributed by atoms with Gasteiger partial charge in [-0.1, -0.05) is 26.0 Å². The fraction of sp³-hybridized carbons (Fsp3) is 0.652. The lowest BCUT2D eigenvalue weighted by Gasteiger charge is -2.42. The minimum Gasteiger partial charge on any atom is -0.490 e. The van der Waals surface area contributed by atoms with Crippen LogP contribution in [-0.4, -0.2) is 32.3 Å². The van der Waals surface area contributed by atoms with Gasteiger partial charge < -0.3 is 4.74 Å². The van der Waals surface area contributed by atoms with Gasteiger partial charge in [-0.2, -0.15) is 0 Å². The number of nitrogens with one attached hydrogen (secondary N) is 1. The summed E-state index contributed by atoms with van der Waals surface area (Å²) in [6, 6.07) is 6.31. The second-order valence-corrected chi connectivity index (χ2v) is 12.3. The molecule has 1 aromatic carbocycles. The van der Waals surface area contributed by atoms with Crippen molar-refractivity contribution in [3.8, 4) is 5.75 Å². The predicted molar refractivity (Wildman–Crippen MR) is 109 cm³/mol. The van der Waals surface area contributed by atoms with Gasteiger partial charge in [-0.15, -0.1) is 0 Å². The Bertz CT molecular complexity index is 1100. The Morgan fingerprint density at radius 3 is 2.79 bits per heavy atom. The lowest BCUT2D eigenvalue weighted by molar-refractivity contribution is 0.0743. The molecule has 29 heavy (non-hydrogen) atoms. The molecule has 3 aliphatic carbocycles. The Kier molecular flexibility index (Phi) is 3.23. The first kappa shape index (κ1) is 18.2. The van der Waals surface area contributed by atoms with Gasteiger partial charge in [0.25, 0.3) is 0 Å². The molecule has 2 heterocycles. The first-order valence-electron chi connectivity index (χ1n) is 10.7. The second-order valence-electron chi connectivity index (χ2n) is 10.4. The summed E-state index contributed by atoms with van der Waals surface area (Å²) in [5.41, 5.74) is 2.16. The summed E-state index contributed by atoms with van der Waals surface area (Å²) in [6.07, 6.45) is 3.88. The highest BCUT2D eigenvalue weighted by Gasteiger charge is 2.82. The molecule has 3 saturated carbocycles. The first-order chi connectivity index (χ1) is 13.7. The number of hydrogen-bond donors (Lipinski definition) is 1. The number of sulfonamides is 1. The van der Waals surface area contributed by atoms with Gasteiger partial charge in [-0.25, -0.2) is 17.9 Å². The normalized spacial score (nSPS) is 44.9. The molecule has 0 aromatic heterocycles. The Morgan fingerprint density at radius 1 is 1.24 bits per heavy atom. The van der Waals surface area contributed by atoms with Gasteiger partial charge in [0.1, 0.15) is 23.0 Å². The SMILES string of the molecule is CC1Cc2c(cccc2C2CC2C23CCC4(CNS(=O)(=O)C4C2=C=O)C3(C)C)O1. The third kappa shape index (κ3) is 1.84. The third-order valence-corrected chi connectivity index (χ3v) is 11.2. The van der Waals surface area contributed by atoms with Crippen molar-refractivity contribution >= 4 is 16.0 Å². The number of ether oxygens (including phenoxy) is 1. The fourth-order valence-corrected chi connectivity index (χ4v) is 10.3. The monoisotopic (exact) mass is 413 g/mol. The zero-order valence-electron chi connectivity index (χ0n) is 17.1. The van der Waals surface area contributed by atoms with Crippen molar-refractivity contribution in [1.82, 2.24) is 4.72 Å². The van der Waals surface area contributed by atoms with Crippen LogP contribution in [0.3, 0.4) is 0 Å². The van der Waals surface area contributed by atoms with Crippen LogP contribution in [0.4, 0.5) is 0 Å². The van der Waals surface area contributed by atoms with Gasteiger partial charge in [0, 0.05) is 34.9 Å². The van der Waals surface area contributed by atoms with Gasteiger partial charge in [0.15, 0.2) is 0 Å². The molecule has 2 bridgehead atoms. The summed E-state index contributed by atoms with van der Waals surface area (Å²) in [6.45, 7) is 6.95. The zero-order valence-corrected chi connectivity index (χ0v) is 17.9. The van der Waals surface area contributed by atoms with Crippen molar-refractivity contribution in [3.05, 3.63) is 34.9 Å². The second kappa shape index (κ2) is 5.16. The van der Waals surface area contributed by atoms with Crippen LogP contribution in [0.2, 0.25) is 0 Å². The molecule has 5 aliphatic rings. The topological polar surface area (TPSA) is 72.5 Å². The quantitative estimate of drug-likeness (QED) is 0.757. The third-order valence-electron chi connectivity index (χ3n) is 9.39. The molecule has 0 radical (unpaired) electrons. The van der Waals surface area contributed by atoms with Crippen molar-refractivity contribution in [3.63, 3.8) is 0 Å². The zero-order chi connectivity index (χ0) is 20.4. The Balaban J connectivity index is 1.47. The van der Waals surface area contributed by atoms with Crippen LogP contribution in [0.5, 0.6) is 5.75 Å². The van der Waals surface area contributed by atoms with Crippen LogP contribution < -0.4 is 9.46 Å². The van der Waals surface area contributed by atoms with Crippen molar-refractivity contribution in [2.24, 2.45) is 22.2 Å². The number of hydrogen-bond acceptors (Lipinski definition) is 4. The van der Waals surface area contributed by atoms with Gasteiger partial charge in [0.05, 0.1) is 0 Å². The molecule has 154 valence electrons. The molecule has 1 spiro atoms. The molecule has 1 saturated heterocycles. The number of carbonyl (C=O) groups excluding carboxylic acids is 1. The van der Waals surface area contributed by atoms with E-state index in [0.717, 1.165) is 31.4 Å². The van der Waals surface area contributed by atoms with Gasteiger partial charge in [-0.3, -0.25) is 0 Å². The van der Waals surface area contributed by atoms with Crippen molar-refractivity contribution in [2.75, 3.05) is 6.54 Å². The Labute approximate surface area is 172 Å². The molecular formula is C23H27NO4S. The minimum atomic E-state index is -3.51. The number of benzene rings is 1. The van der Waals surface area contributed by atoms with E-state index in [-0.39, 0.29) is 22.3 Å². The van der Waals surface area contributed by atoms with E-state index in [2.05, 4.69) is 43.6 Å². The summed E-state index contributed by atoms with van der Waals surface area (Å²) >= 11 is 0. The Morgan fingerprint density at radius 2 is 2.03 bits per heavy atom. The average Bonchev–Trinajstić information content (AvgIpc) is 3.15. The van der Waals surface area contributed by atoms with Crippen LogP contribution in [0.15, 0.2) is 23.8 Å². The summed E-state index contributed by atoms with van der Waals surface area (Å²) in [5.74, 6) is 3.85. The fourth-order valence-electron chi connectivity index (χ4n) is 7.98. The van der Waals surface area contributed by atoms with Crippen molar-refractivity contribution in [2.45, 2.75) is 63.7 Å². The van der Waals surface area contributed by atoms with Gasteiger partial charge in [0.2, 0.25) is 10.0 Å². The summed E-state index contributed by atoms with van der Waals surface area (Å²) < 4.78 is 34.5. The van der Waals surface area contributed by atoms with Crippen LogP contribution >= 0.6 is 0 Å². The van der Waals surface area contributed by atoms with E-state index >= 15 is 0 Å². The standard InChI is InChI=1S/C23H27NO4S/c1-13-9-16-14(5-4-6-19(16)28-13)15-10-17(15)23-8-7-22(21(23,2)3)12-24-29(26,27)20(22)18(23)11-25/h4-6,13,15,17,20,24H,7-10,12H2,1-3H3. The maximum absolute atomic E-state index is 12.9. The molecule has 6 heteroatoms. The Hall–Kier alpha value is -1.62. The minimum absolute atomic E-state index is 0.195. The van der Waals surface area contributed by atoms with Crippen LogP contribution in [0.1, 0.15) is 57.1 Å². The summed E-state index contributed by atoms with van der Waals surface area (Å²) in [5, 5.41) is -0.706.